The van der Waals surface area contributed by atoms with Crippen molar-refractivity contribution in [2.45, 2.75) is 13.1 Å². The normalized spacial score (nSPS) is 15.1. The lowest BCUT2D eigenvalue weighted by Crippen LogP contribution is -2.48. The van der Waals surface area contributed by atoms with Gasteiger partial charge in [-0.2, -0.15) is 13.2 Å². The van der Waals surface area contributed by atoms with Gasteiger partial charge in [-0.3, -0.25) is 14.9 Å². The monoisotopic (exact) mass is 400 g/mol. The van der Waals surface area contributed by atoms with Crippen molar-refractivity contribution in [3.05, 3.63) is 49.8 Å². The standard InChI is InChI=1S/C16H15F3N4O3S/c1-10-12(23(25)26)8-13(27-10)15(24)22-6-4-21(5-7-22)14-3-2-11(9-20-14)16(17,18)19/h2-3,8-9H,4-7H2,1H3. The minimum Gasteiger partial charge on any atom is -0.353 e. The quantitative estimate of drug-likeness (QED) is 0.583. The summed E-state index contributed by atoms with van der Waals surface area (Å²) in [6, 6.07) is 3.58. The lowest BCUT2D eigenvalue weighted by molar-refractivity contribution is -0.385. The Morgan fingerprint density at radius 3 is 2.41 bits per heavy atom. The van der Waals surface area contributed by atoms with Crippen LogP contribution in [0.25, 0.3) is 0 Å². The molecule has 0 bridgehead atoms. The molecule has 3 rings (SSSR count). The van der Waals surface area contributed by atoms with Gasteiger partial charge in [0, 0.05) is 38.4 Å². The first-order valence-corrected chi connectivity index (χ1v) is 8.81. The largest absolute Gasteiger partial charge is 0.417 e. The number of aryl methyl sites for hydroxylation is 1. The number of hydrogen-bond acceptors (Lipinski definition) is 6. The molecule has 0 aromatic carbocycles. The smallest absolute Gasteiger partial charge is 0.353 e. The van der Waals surface area contributed by atoms with Crippen LogP contribution in [0.2, 0.25) is 0 Å². The molecule has 144 valence electrons. The topological polar surface area (TPSA) is 79.6 Å². The average molecular weight is 400 g/mol. The van der Waals surface area contributed by atoms with Crippen molar-refractivity contribution in [1.82, 2.24) is 9.88 Å². The van der Waals surface area contributed by atoms with Gasteiger partial charge >= 0.3 is 6.18 Å². The molecule has 2 aromatic heterocycles. The summed E-state index contributed by atoms with van der Waals surface area (Å²) in [5.41, 5.74) is -0.884. The summed E-state index contributed by atoms with van der Waals surface area (Å²) in [5, 5.41) is 10.9. The van der Waals surface area contributed by atoms with Crippen LogP contribution in [0, 0.1) is 17.0 Å². The third-order valence-electron chi connectivity index (χ3n) is 4.27. The van der Waals surface area contributed by atoms with Crippen LogP contribution in [-0.4, -0.2) is 46.9 Å². The van der Waals surface area contributed by atoms with E-state index in [4.69, 9.17) is 0 Å². The van der Waals surface area contributed by atoms with Crippen LogP contribution in [0.4, 0.5) is 24.7 Å². The summed E-state index contributed by atoms with van der Waals surface area (Å²) in [6.07, 6.45) is -3.64. The summed E-state index contributed by atoms with van der Waals surface area (Å²) in [4.78, 5) is 31.0. The van der Waals surface area contributed by atoms with Gasteiger partial charge in [-0.15, -0.1) is 11.3 Å². The summed E-state index contributed by atoms with van der Waals surface area (Å²) in [5.74, 6) is 0.133. The number of halogens is 3. The molecule has 7 nitrogen and oxygen atoms in total. The first-order chi connectivity index (χ1) is 12.7. The molecule has 1 aliphatic heterocycles. The Morgan fingerprint density at radius 2 is 1.93 bits per heavy atom. The summed E-state index contributed by atoms with van der Waals surface area (Å²) in [6.45, 7) is 3.12. The van der Waals surface area contributed by atoms with Gasteiger partial charge in [0.05, 0.1) is 20.2 Å². The van der Waals surface area contributed by atoms with Gasteiger partial charge < -0.3 is 9.80 Å². The Kier molecular flexibility index (Phi) is 5.05. The van der Waals surface area contributed by atoms with E-state index >= 15 is 0 Å². The number of carbonyl (C=O) groups is 1. The van der Waals surface area contributed by atoms with Gasteiger partial charge in [-0.25, -0.2) is 4.98 Å². The van der Waals surface area contributed by atoms with Crippen LogP contribution in [-0.2, 0) is 6.18 Å². The number of carbonyl (C=O) groups excluding carboxylic acids is 1. The van der Waals surface area contributed by atoms with E-state index in [0.29, 0.717) is 41.8 Å². The molecule has 1 saturated heterocycles. The minimum absolute atomic E-state index is 0.0732. The van der Waals surface area contributed by atoms with E-state index in [0.717, 1.165) is 23.6 Å². The maximum atomic E-state index is 12.6. The van der Waals surface area contributed by atoms with E-state index in [1.165, 1.54) is 12.1 Å². The lowest BCUT2D eigenvalue weighted by Gasteiger charge is -2.35. The Labute approximate surface area is 156 Å². The Hall–Kier alpha value is -2.69. The van der Waals surface area contributed by atoms with Gasteiger partial charge in [-0.05, 0) is 19.1 Å². The van der Waals surface area contributed by atoms with Crippen molar-refractivity contribution in [3.8, 4) is 0 Å². The second-order valence-corrected chi connectivity index (χ2v) is 7.25. The van der Waals surface area contributed by atoms with Crippen molar-refractivity contribution in [2.75, 3.05) is 31.1 Å². The maximum Gasteiger partial charge on any atom is 0.417 e. The van der Waals surface area contributed by atoms with Gasteiger partial charge in [0.15, 0.2) is 0 Å². The zero-order valence-electron chi connectivity index (χ0n) is 14.2. The average Bonchev–Trinajstić information content (AvgIpc) is 3.03. The van der Waals surface area contributed by atoms with Gasteiger partial charge in [0.2, 0.25) is 0 Å². The van der Waals surface area contributed by atoms with Crippen LogP contribution >= 0.6 is 11.3 Å². The van der Waals surface area contributed by atoms with E-state index in [2.05, 4.69) is 4.98 Å². The van der Waals surface area contributed by atoms with Gasteiger partial charge in [0.1, 0.15) is 5.82 Å². The fourth-order valence-corrected chi connectivity index (χ4v) is 3.75. The Balaban J connectivity index is 1.64. The van der Waals surface area contributed by atoms with Crippen molar-refractivity contribution in [3.63, 3.8) is 0 Å². The molecule has 0 atom stereocenters. The molecule has 1 amide bonds. The van der Waals surface area contributed by atoms with Crippen LogP contribution in [0.15, 0.2) is 24.4 Å². The number of piperazine rings is 1. The second kappa shape index (κ2) is 7.14. The number of alkyl halides is 3. The maximum absolute atomic E-state index is 12.6. The molecule has 27 heavy (non-hydrogen) atoms. The second-order valence-electron chi connectivity index (χ2n) is 5.99. The van der Waals surface area contributed by atoms with Crippen LogP contribution < -0.4 is 4.90 Å². The number of nitrogens with zero attached hydrogens (tertiary/aromatic N) is 4. The van der Waals surface area contributed by atoms with E-state index in [1.54, 1.807) is 16.7 Å². The molecule has 0 spiro atoms. The van der Waals surface area contributed by atoms with Gasteiger partial charge in [0.25, 0.3) is 11.6 Å². The fourth-order valence-electron chi connectivity index (χ4n) is 2.79. The zero-order valence-corrected chi connectivity index (χ0v) is 15.0. The fraction of sp³-hybridized carbons (Fsp3) is 0.375. The first-order valence-electron chi connectivity index (χ1n) is 7.99. The number of pyridine rings is 1. The zero-order chi connectivity index (χ0) is 19.8. The summed E-state index contributed by atoms with van der Waals surface area (Å²) >= 11 is 1.08. The third kappa shape index (κ3) is 4.02. The minimum atomic E-state index is -4.43. The summed E-state index contributed by atoms with van der Waals surface area (Å²) < 4.78 is 37.8. The van der Waals surface area contributed by atoms with Crippen molar-refractivity contribution in [1.29, 1.82) is 0 Å². The number of hydrogen-bond donors (Lipinski definition) is 0. The SMILES string of the molecule is Cc1sc(C(=O)N2CCN(c3ccc(C(F)(F)F)cn3)CC2)cc1[N+](=O)[O-]. The molecule has 0 unspecified atom stereocenters. The molecule has 0 saturated carbocycles. The van der Waals surface area contributed by atoms with E-state index < -0.39 is 16.7 Å². The highest BCUT2D eigenvalue weighted by Gasteiger charge is 2.31. The predicted octanol–water partition coefficient (Wildman–Crippen LogP) is 3.34. The predicted molar refractivity (Wildman–Crippen MR) is 93.1 cm³/mol. The molecule has 1 aliphatic rings. The molecule has 0 N–H and O–H groups in total. The van der Waals surface area contributed by atoms with Crippen LogP contribution in [0.5, 0.6) is 0 Å². The van der Waals surface area contributed by atoms with E-state index in [1.807, 2.05) is 0 Å². The number of thiophene rings is 1. The highest BCUT2D eigenvalue weighted by atomic mass is 32.1. The van der Waals surface area contributed by atoms with Gasteiger partial charge in [-0.1, -0.05) is 0 Å². The highest BCUT2D eigenvalue weighted by Crippen LogP contribution is 2.30. The number of aromatic nitrogens is 1. The number of nitro groups is 1. The van der Waals surface area contributed by atoms with E-state index in [9.17, 15) is 28.1 Å². The molecule has 0 radical (unpaired) electrons. The molecular weight excluding hydrogens is 385 g/mol. The van der Waals surface area contributed by atoms with Crippen LogP contribution in [0.3, 0.4) is 0 Å². The Morgan fingerprint density at radius 1 is 1.26 bits per heavy atom. The lowest BCUT2D eigenvalue weighted by atomic mass is 10.2. The summed E-state index contributed by atoms with van der Waals surface area (Å²) in [7, 11) is 0. The molecular formula is C16H15F3N4O3S. The van der Waals surface area contributed by atoms with E-state index in [-0.39, 0.29) is 11.6 Å². The highest BCUT2D eigenvalue weighted by molar-refractivity contribution is 7.14. The molecule has 0 aliphatic carbocycles. The third-order valence-corrected chi connectivity index (χ3v) is 5.29. The molecule has 11 heteroatoms. The number of rotatable bonds is 3. The van der Waals surface area contributed by atoms with Crippen LogP contribution in [0.1, 0.15) is 20.1 Å². The molecule has 2 aromatic rings. The van der Waals surface area contributed by atoms with Crippen molar-refractivity contribution >= 4 is 28.7 Å². The first kappa shape index (κ1) is 19.1. The molecule has 3 heterocycles. The Bertz CT molecular complexity index is 859. The van der Waals surface area contributed by atoms with Crippen molar-refractivity contribution < 1.29 is 22.9 Å². The number of amides is 1. The molecule has 1 fully saturated rings. The number of anilines is 1. The van der Waals surface area contributed by atoms with Crippen molar-refractivity contribution in [2.24, 2.45) is 0 Å².